The number of anilines is 2. The molecular formula is C12H12ClN3O. The van der Waals surface area contributed by atoms with Crippen molar-refractivity contribution in [2.45, 2.75) is 0 Å². The van der Waals surface area contributed by atoms with Crippen LogP contribution in [0, 0.1) is 0 Å². The molecule has 2 aromatic rings. The first kappa shape index (κ1) is 11.7. The minimum Gasteiger partial charge on any atom is -0.497 e. The first-order valence-electron chi connectivity index (χ1n) is 5.08. The number of benzene rings is 1. The Kier molecular flexibility index (Phi) is 3.44. The van der Waals surface area contributed by atoms with Crippen molar-refractivity contribution in [2.24, 2.45) is 0 Å². The summed E-state index contributed by atoms with van der Waals surface area (Å²) >= 11 is 5.69. The SMILES string of the molecule is COc1ccc(N(C)c2ccc(Cl)nn2)cc1. The molecule has 17 heavy (non-hydrogen) atoms. The van der Waals surface area contributed by atoms with Crippen molar-refractivity contribution in [1.29, 1.82) is 0 Å². The van der Waals surface area contributed by atoms with Gasteiger partial charge in [0.1, 0.15) is 5.75 Å². The van der Waals surface area contributed by atoms with Gasteiger partial charge in [0, 0.05) is 12.7 Å². The summed E-state index contributed by atoms with van der Waals surface area (Å²) in [7, 11) is 3.56. The van der Waals surface area contributed by atoms with Crippen molar-refractivity contribution in [3.05, 3.63) is 41.6 Å². The van der Waals surface area contributed by atoms with E-state index in [0.29, 0.717) is 5.15 Å². The second-order valence-corrected chi connectivity index (χ2v) is 3.86. The minimum absolute atomic E-state index is 0.386. The van der Waals surface area contributed by atoms with Crippen molar-refractivity contribution in [1.82, 2.24) is 10.2 Å². The lowest BCUT2D eigenvalue weighted by Crippen LogP contribution is -2.11. The third kappa shape index (κ3) is 2.65. The van der Waals surface area contributed by atoms with E-state index >= 15 is 0 Å². The van der Waals surface area contributed by atoms with E-state index in [-0.39, 0.29) is 0 Å². The molecular weight excluding hydrogens is 238 g/mol. The number of rotatable bonds is 3. The highest BCUT2D eigenvalue weighted by molar-refractivity contribution is 6.29. The van der Waals surface area contributed by atoms with Gasteiger partial charge in [-0.2, -0.15) is 0 Å². The van der Waals surface area contributed by atoms with E-state index < -0.39 is 0 Å². The van der Waals surface area contributed by atoms with E-state index in [1.165, 1.54) is 0 Å². The first-order chi connectivity index (χ1) is 8.20. The van der Waals surface area contributed by atoms with Gasteiger partial charge in [0.2, 0.25) is 0 Å². The fourth-order valence-corrected chi connectivity index (χ4v) is 1.53. The standard InChI is InChI=1S/C12H12ClN3O/c1-16(12-8-7-11(13)14-15-12)9-3-5-10(17-2)6-4-9/h3-8H,1-2H3. The summed E-state index contributed by atoms with van der Waals surface area (Å²) in [5.74, 6) is 1.56. The Morgan fingerprint density at radius 2 is 1.76 bits per heavy atom. The molecule has 0 N–H and O–H groups in total. The molecule has 0 bridgehead atoms. The highest BCUT2D eigenvalue weighted by Gasteiger charge is 2.05. The molecule has 0 amide bonds. The molecule has 0 spiro atoms. The maximum Gasteiger partial charge on any atom is 0.155 e. The number of nitrogens with zero attached hydrogens (tertiary/aromatic N) is 3. The van der Waals surface area contributed by atoms with Crippen molar-refractivity contribution in [3.8, 4) is 5.75 Å². The van der Waals surface area contributed by atoms with E-state index in [2.05, 4.69) is 10.2 Å². The third-order valence-corrected chi connectivity index (χ3v) is 2.62. The molecule has 88 valence electrons. The zero-order chi connectivity index (χ0) is 12.3. The second-order valence-electron chi connectivity index (χ2n) is 3.47. The molecule has 0 unspecified atom stereocenters. The number of hydrogen-bond acceptors (Lipinski definition) is 4. The lowest BCUT2D eigenvalue weighted by atomic mass is 10.3. The van der Waals surface area contributed by atoms with E-state index in [9.17, 15) is 0 Å². The van der Waals surface area contributed by atoms with Gasteiger partial charge in [0.25, 0.3) is 0 Å². The van der Waals surface area contributed by atoms with E-state index in [1.807, 2.05) is 42.3 Å². The summed E-state index contributed by atoms with van der Waals surface area (Å²) in [4.78, 5) is 1.92. The maximum absolute atomic E-state index is 5.69. The number of hydrogen-bond donors (Lipinski definition) is 0. The summed E-state index contributed by atoms with van der Waals surface area (Å²) in [5.41, 5.74) is 1.00. The van der Waals surface area contributed by atoms with Gasteiger partial charge in [-0.05, 0) is 36.4 Å². The summed E-state index contributed by atoms with van der Waals surface area (Å²) in [5, 5.41) is 8.20. The number of methoxy groups -OCH3 is 1. The van der Waals surface area contributed by atoms with E-state index in [4.69, 9.17) is 16.3 Å². The molecule has 0 radical (unpaired) electrons. The number of halogens is 1. The fourth-order valence-electron chi connectivity index (χ4n) is 1.43. The van der Waals surface area contributed by atoms with Crippen LogP contribution in [-0.2, 0) is 0 Å². The van der Waals surface area contributed by atoms with Crippen molar-refractivity contribution in [3.63, 3.8) is 0 Å². The zero-order valence-corrected chi connectivity index (χ0v) is 10.3. The van der Waals surface area contributed by atoms with Crippen LogP contribution in [0.3, 0.4) is 0 Å². The quantitative estimate of drug-likeness (QED) is 0.838. The molecule has 1 aromatic heterocycles. The molecule has 0 saturated heterocycles. The van der Waals surface area contributed by atoms with Crippen LogP contribution in [0.2, 0.25) is 5.15 Å². The van der Waals surface area contributed by atoms with Gasteiger partial charge in [-0.3, -0.25) is 0 Å². The topological polar surface area (TPSA) is 38.2 Å². The molecule has 0 saturated carbocycles. The van der Waals surface area contributed by atoms with Crippen molar-refractivity contribution in [2.75, 3.05) is 19.1 Å². The highest BCUT2D eigenvalue weighted by Crippen LogP contribution is 2.23. The van der Waals surface area contributed by atoms with Gasteiger partial charge in [-0.15, -0.1) is 10.2 Å². The largest absolute Gasteiger partial charge is 0.497 e. The number of aromatic nitrogens is 2. The Labute approximate surface area is 105 Å². The Morgan fingerprint density at radius 1 is 1.06 bits per heavy atom. The lowest BCUT2D eigenvalue weighted by molar-refractivity contribution is 0.415. The van der Waals surface area contributed by atoms with Crippen molar-refractivity contribution < 1.29 is 4.74 Å². The average molecular weight is 250 g/mol. The molecule has 0 aliphatic heterocycles. The molecule has 5 heteroatoms. The first-order valence-corrected chi connectivity index (χ1v) is 5.45. The molecule has 0 fully saturated rings. The molecule has 0 aliphatic carbocycles. The normalized spacial score (nSPS) is 10.1. The van der Waals surface area contributed by atoms with Gasteiger partial charge >= 0.3 is 0 Å². The summed E-state index contributed by atoms with van der Waals surface area (Å²) < 4.78 is 5.11. The molecule has 2 rings (SSSR count). The van der Waals surface area contributed by atoms with Crippen LogP contribution < -0.4 is 9.64 Å². The van der Waals surface area contributed by atoms with Crippen LogP contribution in [0.1, 0.15) is 0 Å². The molecule has 4 nitrogen and oxygen atoms in total. The second kappa shape index (κ2) is 5.01. The van der Waals surface area contributed by atoms with Crippen LogP contribution >= 0.6 is 11.6 Å². The van der Waals surface area contributed by atoms with Gasteiger partial charge < -0.3 is 9.64 Å². The van der Waals surface area contributed by atoms with Gasteiger partial charge in [-0.25, -0.2) is 0 Å². The summed E-state index contributed by atoms with van der Waals surface area (Å²) in [6.07, 6.45) is 0. The number of ether oxygens (including phenoxy) is 1. The molecule has 1 heterocycles. The molecule has 1 aromatic carbocycles. The Hall–Kier alpha value is -1.81. The Bertz CT molecular complexity index is 484. The highest BCUT2D eigenvalue weighted by atomic mass is 35.5. The van der Waals surface area contributed by atoms with Gasteiger partial charge in [0.05, 0.1) is 7.11 Å². The molecule has 0 atom stereocenters. The van der Waals surface area contributed by atoms with Crippen LogP contribution in [0.15, 0.2) is 36.4 Å². The van der Waals surface area contributed by atoms with Crippen LogP contribution in [0.25, 0.3) is 0 Å². The van der Waals surface area contributed by atoms with Crippen LogP contribution in [0.4, 0.5) is 11.5 Å². The van der Waals surface area contributed by atoms with Crippen LogP contribution in [-0.4, -0.2) is 24.4 Å². The third-order valence-electron chi connectivity index (χ3n) is 2.42. The lowest BCUT2D eigenvalue weighted by Gasteiger charge is -2.17. The predicted octanol–water partition coefficient (Wildman–Crippen LogP) is 2.91. The maximum atomic E-state index is 5.69. The summed E-state index contributed by atoms with van der Waals surface area (Å²) in [6.45, 7) is 0. The Morgan fingerprint density at radius 3 is 2.29 bits per heavy atom. The minimum atomic E-state index is 0.386. The van der Waals surface area contributed by atoms with Crippen molar-refractivity contribution >= 4 is 23.1 Å². The monoisotopic (exact) mass is 249 g/mol. The molecule has 0 aliphatic rings. The fraction of sp³-hybridized carbons (Fsp3) is 0.167. The van der Waals surface area contributed by atoms with Crippen LogP contribution in [0.5, 0.6) is 5.75 Å². The average Bonchev–Trinajstić information content (AvgIpc) is 2.39. The van der Waals surface area contributed by atoms with Gasteiger partial charge in [-0.1, -0.05) is 11.6 Å². The van der Waals surface area contributed by atoms with E-state index in [1.54, 1.807) is 13.2 Å². The van der Waals surface area contributed by atoms with E-state index in [0.717, 1.165) is 17.3 Å². The van der Waals surface area contributed by atoms with Gasteiger partial charge in [0.15, 0.2) is 11.0 Å². The Balaban J connectivity index is 2.23. The zero-order valence-electron chi connectivity index (χ0n) is 9.59. The smallest absolute Gasteiger partial charge is 0.155 e. The predicted molar refractivity (Wildman–Crippen MR) is 68.1 cm³/mol. The summed E-state index contributed by atoms with van der Waals surface area (Å²) in [6, 6.07) is 11.2.